The first kappa shape index (κ1) is 19.4. The van der Waals surface area contributed by atoms with Crippen LogP contribution in [0.1, 0.15) is 25.0 Å². The number of carbonyl (C=O) groups excluding carboxylic acids is 1. The zero-order valence-corrected chi connectivity index (χ0v) is 15.0. The van der Waals surface area contributed by atoms with E-state index in [1.807, 2.05) is 0 Å². The molecule has 2 aromatic rings. The van der Waals surface area contributed by atoms with Gasteiger partial charge in [0, 0.05) is 19.2 Å². The number of halogens is 1. The van der Waals surface area contributed by atoms with Gasteiger partial charge in [-0.05, 0) is 37.6 Å². The number of amides is 1. The van der Waals surface area contributed by atoms with Gasteiger partial charge in [0.2, 0.25) is 5.91 Å². The zero-order chi connectivity index (χ0) is 19.3. The maximum Gasteiger partial charge on any atom is 0.341 e. The van der Waals surface area contributed by atoms with Crippen molar-refractivity contribution in [2.24, 2.45) is 0 Å². The number of hydrogen-bond acceptors (Lipinski definition) is 3. The van der Waals surface area contributed by atoms with E-state index in [1.54, 1.807) is 68.3 Å². The first-order valence-electron chi connectivity index (χ1n) is 8.16. The van der Waals surface area contributed by atoms with Gasteiger partial charge in [-0.15, -0.1) is 0 Å². The Morgan fingerprint density at radius 3 is 2.31 bits per heavy atom. The molecule has 0 atom stereocenters. The molecule has 0 radical (unpaired) electrons. The lowest BCUT2D eigenvalue weighted by Crippen LogP contribution is -2.41. The van der Waals surface area contributed by atoms with Crippen molar-refractivity contribution in [2.75, 3.05) is 13.7 Å². The molecule has 138 valence electrons. The number of carboxylic acid groups (broad SMARTS) is 1. The van der Waals surface area contributed by atoms with Crippen molar-refractivity contribution >= 4 is 11.9 Å². The van der Waals surface area contributed by atoms with Crippen LogP contribution in [0.2, 0.25) is 0 Å². The van der Waals surface area contributed by atoms with Crippen LogP contribution < -0.4 is 4.74 Å². The minimum Gasteiger partial charge on any atom is -0.482 e. The summed E-state index contributed by atoms with van der Waals surface area (Å²) in [6, 6.07) is 13.1. The zero-order valence-electron chi connectivity index (χ0n) is 15.0. The Bertz CT molecular complexity index is 787. The Morgan fingerprint density at radius 1 is 1.12 bits per heavy atom. The second-order valence-electron chi connectivity index (χ2n) is 6.59. The quantitative estimate of drug-likeness (QED) is 0.824. The van der Waals surface area contributed by atoms with Crippen molar-refractivity contribution in [1.29, 1.82) is 0 Å². The minimum atomic E-state index is -1.05. The second kappa shape index (κ2) is 7.99. The molecule has 2 rings (SSSR count). The van der Waals surface area contributed by atoms with Crippen LogP contribution in [0.4, 0.5) is 4.39 Å². The number of nitrogens with zero attached hydrogens (tertiary/aromatic N) is 1. The lowest BCUT2D eigenvalue weighted by atomic mass is 9.83. The molecule has 0 bridgehead atoms. The van der Waals surface area contributed by atoms with Crippen molar-refractivity contribution in [3.05, 3.63) is 65.5 Å². The highest BCUT2D eigenvalue weighted by atomic mass is 19.1. The Kier molecular flexibility index (Phi) is 5.97. The van der Waals surface area contributed by atoms with Crippen LogP contribution in [0.5, 0.6) is 5.75 Å². The summed E-state index contributed by atoms with van der Waals surface area (Å²) in [6.45, 7) is 3.34. The van der Waals surface area contributed by atoms with Crippen LogP contribution >= 0.6 is 0 Å². The molecule has 2 aromatic carbocycles. The first-order chi connectivity index (χ1) is 12.2. The molecule has 0 spiro atoms. The van der Waals surface area contributed by atoms with E-state index < -0.39 is 23.8 Å². The smallest absolute Gasteiger partial charge is 0.341 e. The van der Waals surface area contributed by atoms with E-state index in [1.165, 1.54) is 6.07 Å². The molecule has 1 amide bonds. The fourth-order valence-corrected chi connectivity index (χ4v) is 2.74. The number of ether oxygens (including phenoxy) is 1. The van der Waals surface area contributed by atoms with Crippen LogP contribution in [-0.4, -0.2) is 35.5 Å². The molecule has 0 unspecified atom stereocenters. The molecule has 6 heteroatoms. The molecular weight excluding hydrogens is 337 g/mol. The molecular formula is C20H22FNO4. The largest absolute Gasteiger partial charge is 0.482 e. The third kappa shape index (κ3) is 4.59. The van der Waals surface area contributed by atoms with E-state index in [4.69, 9.17) is 9.84 Å². The average Bonchev–Trinajstić information content (AvgIpc) is 2.60. The Morgan fingerprint density at radius 2 is 1.73 bits per heavy atom. The summed E-state index contributed by atoms with van der Waals surface area (Å²) in [7, 11) is 1.67. The van der Waals surface area contributed by atoms with Gasteiger partial charge in [-0.3, -0.25) is 4.79 Å². The van der Waals surface area contributed by atoms with E-state index in [-0.39, 0.29) is 5.91 Å². The summed E-state index contributed by atoms with van der Waals surface area (Å²) in [5.41, 5.74) is 0.215. The van der Waals surface area contributed by atoms with Gasteiger partial charge in [-0.2, -0.15) is 0 Å². The van der Waals surface area contributed by atoms with Crippen molar-refractivity contribution in [3.63, 3.8) is 0 Å². The van der Waals surface area contributed by atoms with Gasteiger partial charge in [-0.25, -0.2) is 9.18 Å². The Hall–Kier alpha value is -2.89. The van der Waals surface area contributed by atoms with Gasteiger partial charge in [-0.1, -0.05) is 30.3 Å². The van der Waals surface area contributed by atoms with Crippen LogP contribution in [0, 0.1) is 5.82 Å². The molecule has 0 fully saturated rings. The minimum absolute atomic E-state index is 0.200. The molecule has 0 aliphatic heterocycles. The van der Waals surface area contributed by atoms with Gasteiger partial charge < -0.3 is 14.7 Å². The molecule has 0 saturated heterocycles. The highest BCUT2D eigenvalue weighted by Crippen LogP contribution is 2.28. The third-order valence-electron chi connectivity index (χ3n) is 4.13. The average molecular weight is 359 g/mol. The maximum absolute atomic E-state index is 14.1. The Balaban J connectivity index is 2.06. The monoisotopic (exact) mass is 359 g/mol. The fraction of sp³-hybridized carbons (Fsp3) is 0.300. The molecule has 0 aromatic heterocycles. The molecule has 0 aliphatic rings. The van der Waals surface area contributed by atoms with E-state index in [2.05, 4.69) is 0 Å². The van der Waals surface area contributed by atoms with Gasteiger partial charge >= 0.3 is 5.97 Å². The third-order valence-corrected chi connectivity index (χ3v) is 4.13. The number of likely N-dealkylation sites (N-methyl/N-ethyl adjacent to an activating group) is 1. The van der Waals surface area contributed by atoms with Crippen molar-refractivity contribution < 1.29 is 23.8 Å². The Labute approximate surface area is 152 Å². The topological polar surface area (TPSA) is 66.8 Å². The fourth-order valence-electron chi connectivity index (χ4n) is 2.74. The molecule has 0 saturated carbocycles. The highest BCUT2D eigenvalue weighted by molar-refractivity contribution is 5.87. The second-order valence-corrected chi connectivity index (χ2v) is 6.59. The van der Waals surface area contributed by atoms with Gasteiger partial charge in [0.25, 0.3) is 0 Å². The SMILES string of the molecule is CN(Cc1ccc(OCC(=O)O)cc1)C(=O)C(C)(C)c1ccccc1F. The normalized spacial score (nSPS) is 11.1. The maximum atomic E-state index is 14.1. The lowest BCUT2D eigenvalue weighted by molar-refractivity contribution is -0.139. The van der Waals surface area contributed by atoms with Gasteiger partial charge in [0.05, 0.1) is 5.41 Å². The summed E-state index contributed by atoms with van der Waals surface area (Å²) in [4.78, 5) is 24.9. The van der Waals surface area contributed by atoms with Crippen LogP contribution in [0.3, 0.4) is 0 Å². The van der Waals surface area contributed by atoms with Crippen LogP contribution in [-0.2, 0) is 21.5 Å². The summed E-state index contributed by atoms with van der Waals surface area (Å²) < 4.78 is 19.2. The molecule has 5 nitrogen and oxygen atoms in total. The summed E-state index contributed by atoms with van der Waals surface area (Å²) in [6.07, 6.45) is 0. The van der Waals surface area contributed by atoms with Gasteiger partial charge in [0.15, 0.2) is 6.61 Å². The summed E-state index contributed by atoms with van der Waals surface area (Å²) in [5, 5.41) is 8.60. The van der Waals surface area contributed by atoms with Crippen molar-refractivity contribution in [3.8, 4) is 5.75 Å². The van der Waals surface area contributed by atoms with Gasteiger partial charge in [0.1, 0.15) is 11.6 Å². The van der Waals surface area contributed by atoms with Crippen LogP contribution in [0.15, 0.2) is 48.5 Å². The van der Waals surface area contributed by atoms with Crippen molar-refractivity contribution in [1.82, 2.24) is 4.90 Å². The standard InChI is InChI=1S/C20H22FNO4/c1-20(2,16-6-4-5-7-17(16)21)19(25)22(3)12-14-8-10-15(11-9-14)26-13-18(23)24/h4-11H,12-13H2,1-3H3,(H,23,24). The predicted octanol–water partition coefficient (Wildman–Crippen LogP) is 3.23. The number of rotatable bonds is 7. The van der Waals surface area contributed by atoms with E-state index in [9.17, 15) is 14.0 Å². The molecule has 0 aliphatic carbocycles. The van der Waals surface area contributed by atoms with E-state index >= 15 is 0 Å². The number of aliphatic carboxylic acids is 1. The number of carbonyl (C=O) groups is 2. The van der Waals surface area contributed by atoms with E-state index in [0.29, 0.717) is 17.9 Å². The number of hydrogen-bond donors (Lipinski definition) is 1. The molecule has 0 heterocycles. The highest BCUT2D eigenvalue weighted by Gasteiger charge is 2.34. The number of carboxylic acids is 1. The molecule has 26 heavy (non-hydrogen) atoms. The predicted molar refractivity (Wildman–Crippen MR) is 95.5 cm³/mol. The molecule has 1 N–H and O–H groups in total. The summed E-state index contributed by atoms with van der Waals surface area (Å²) in [5.74, 6) is -1.21. The first-order valence-corrected chi connectivity index (χ1v) is 8.16. The van der Waals surface area contributed by atoms with E-state index in [0.717, 1.165) is 5.56 Å². The number of benzene rings is 2. The lowest BCUT2D eigenvalue weighted by Gasteiger charge is -2.30. The van der Waals surface area contributed by atoms with Crippen molar-refractivity contribution in [2.45, 2.75) is 25.8 Å². The van der Waals surface area contributed by atoms with Crippen LogP contribution in [0.25, 0.3) is 0 Å². The summed E-state index contributed by atoms with van der Waals surface area (Å²) >= 11 is 0.